The van der Waals surface area contributed by atoms with E-state index in [0.29, 0.717) is 5.56 Å². The topological polar surface area (TPSA) is 32.6 Å². The van der Waals surface area contributed by atoms with Crippen LogP contribution in [-0.4, -0.2) is 10.9 Å². The van der Waals surface area contributed by atoms with Gasteiger partial charge in [0.1, 0.15) is 17.3 Å². The highest BCUT2D eigenvalue weighted by molar-refractivity contribution is 9.10. The molecule has 92 valence electrons. The number of halogens is 3. The summed E-state index contributed by atoms with van der Waals surface area (Å²) >= 11 is 3.06. The van der Waals surface area contributed by atoms with Crippen LogP contribution >= 0.6 is 15.9 Å². The fourth-order valence-corrected chi connectivity index (χ4v) is 1.93. The smallest absolute Gasteiger partial charge is 0.146 e. The zero-order valence-corrected chi connectivity index (χ0v) is 10.7. The second-order valence-corrected chi connectivity index (χ2v) is 4.41. The van der Waals surface area contributed by atoms with Crippen molar-refractivity contribution < 1.29 is 14.0 Å². The molecule has 2 nitrogen and oxygen atoms in total. The number of hydrogen-bond acceptors (Lipinski definition) is 2. The van der Waals surface area contributed by atoms with Crippen molar-refractivity contribution in [3.63, 3.8) is 0 Å². The van der Waals surface area contributed by atoms with E-state index in [1.807, 2.05) is 0 Å². The highest BCUT2D eigenvalue weighted by Crippen LogP contribution is 2.21. The summed E-state index contributed by atoms with van der Waals surface area (Å²) in [6, 6.07) is 9.93. The van der Waals surface area contributed by atoms with Gasteiger partial charge in [-0.3, -0.25) is 0 Å². The number of rotatable bonds is 2. The third-order valence-corrected chi connectivity index (χ3v) is 3.04. The average molecular weight is 312 g/mol. The Morgan fingerprint density at radius 3 is 2.33 bits per heavy atom. The van der Waals surface area contributed by atoms with Gasteiger partial charge < -0.3 is 5.21 Å². The van der Waals surface area contributed by atoms with Gasteiger partial charge in [-0.25, -0.2) is 8.78 Å². The summed E-state index contributed by atoms with van der Waals surface area (Å²) in [5.41, 5.74) is 0.614. The van der Waals surface area contributed by atoms with Crippen molar-refractivity contribution in [3.8, 4) is 0 Å². The Kier molecular flexibility index (Phi) is 3.72. The Hall–Kier alpha value is -1.75. The zero-order chi connectivity index (χ0) is 13.1. The monoisotopic (exact) mass is 311 g/mol. The first kappa shape index (κ1) is 12.7. The molecule has 5 heteroatoms. The molecule has 2 aromatic carbocycles. The minimum Gasteiger partial charge on any atom is -0.410 e. The average Bonchev–Trinajstić information content (AvgIpc) is 2.37. The summed E-state index contributed by atoms with van der Waals surface area (Å²) in [5.74, 6) is -0.944. The second kappa shape index (κ2) is 5.27. The summed E-state index contributed by atoms with van der Waals surface area (Å²) in [7, 11) is 0. The maximum absolute atomic E-state index is 13.9. The molecule has 0 radical (unpaired) electrons. The van der Waals surface area contributed by atoms with E-state index in [0.717, 1.165) is 0 Å². The minimum atomic E-state index is -0.533. The van der Waals surface area contributed by atoms with Gasteiger partial charge >= 0.3 is 0 Å². The van der Waals surface area contributed by atoms with E-state index >= 15 is 0 Å². The minimum absolute atomic E-state index is 0.0498. The molecule has 0 aromatic heterocycles. The maximum Gasteiger partial charge on any atom is 0.146 e. The van der Waals surface area contributed by atoms with E-state index < -0.39 is 11.6 Å². The van der Waals surface area contributed by atoms with E-state index in [2.05, 4.69) is 21.1 Å². The van der Waals surface area contributed by atoms with Crippen LogP contribution in [-0.2, 0) is 0 Å². The number of hydrogen-bond donors (Lipinski definition) is 1. The van der Waals surface area contributed by atoms with Crippen LogP contribution < -0.4 is 0 Å². The molecule has 0 unspecified atom stereocenters. The first-order valence-corrected chi connectivity index (χ1v) is 5.85. The molecule has 0 fully saturated rings. The van der Waals surface area contributed by atoms with Gasteiger partial charge in [-0.2, -0.15) is 0 Å². The Morgan fingerprint density at radius 1 is 1.06 bits per heavy atom. The lowest BCUT2D eigenvalue weighted by Gasteiger charge is -2.07. The molecular weight excluding hydrogens is 304 g/mol. The van der Waals surface area contributed by atoms with Crippen molar-refractivity contribution in [1.29, 1.82) is 0 Å². The number of oxime groups is 1. The Morgan fingerprint density at radius 2 is 1.72 bits per heavy atom. The normalized spacial score (nSPS) is 11.6. The van der Waals surface area contributed by atoms with E-state index in [4.69, 9.17) is 5.21 Å². The van der Waals surface area contributed by atoms with E-state index in [9.17, 15) is 8.78 Å². The van der Waals surface area contributed by atoms with Gasteiger partial charge in [0.05, 0.1) is 4.47 Å². The fraction of sp³-hybridized carbons (Fsp3) is 0. The molecule has 18 heavy (non-hydrogen) atoms. The molecule has 2 rings (SSSR count). The van der Waals surface area contributed by atoms with Crippen molar-refractivity contribution in [2.24, 2.45) is 5.16 Å². The lowest BCUT2D eigenvalue weighted by molar-refractivity contribution is 0.319. The number of nitrogens with zero attached hydrogens (tertiary/aromatic N) is 1. The Labute approximate surface area is 111 Å². The van der Waals surface area contributed by atoms with Crippen LogP contribution in [0.1, 0.15) is 11.1 Å². The van der Waals surface area contributed by atoms with Gasteiger partial charge in [0.2, 0.25) is 0 Å². The lowest BCUT2D eigenvalue weighted by atomic mass is 10.0. The molecule has 2 aromatic rings. The van der Waals surface area contributed by atoms with Gasteiger partial charge in [-0.05, 0) is 52.3 Å². The predicted molar refractivity (Wildman–Crippen MR) is 67.9 cm³/mol. The van der Waals surface area contributed by atoms with Crippen LogP contribution in [0.2, 0.25) is 0 Å². The second-order valence-electron chi connectivity index (χ2n) is 3.56. The first-order valence-electron chi connectivity index (χ1n) is 5.06. The maximum atomic E-state index is 13.9. The standard InChI is InChI=1S/C13H8BrF2NO/c14-11-3-1-2-10(12(11)16)13(17-18)8-4-6-9(15)7-5-8/h1-7,18H/b17-13+. The van der Waals surface area contributed by atoms with Gasteiger partial charge in [0.25, 0.3) is 0 Å². The van der Waals surface area contributed by atoms with E-state index in [-0.39, 0.29) is 15.7 Å². The molecule has 0 aliphatic rings. The van der Waals surface area contributed by atoms with Gasteiger partial charge in [0, 0.05) is 11.1 Å². The van der Waals surface area contributed by atoms with E-state index in [1.165, 1.54) is 30.3 Å². The largest absolute Gasteiger partial charge is 0.410 e. The highest BCUT2D eigenvalue weighted by Gasteiger charge is 2.14. The van der Waals surface area contributed by atoms with Crippen molar-refractivity contribution in [1.82, 2.24) is 0 Å². The summed E-state index contributed by atoms with van der Waals surface area (Å²) in [6.07, 6.45) is 0. The first-order chi connectivity index (χ1) is 8.63. The summed E-state index contributed by atoms with van der Waals surface area (Å²) in [6.45, 7) is 0. The van der Waals surface area contributed by atoms with Gasteiger partial charge in [-0.1, -0.05) is 11.2 Å². The third-order valence-electron chi connectivity index (χ3n) is 2.42. The third kappa shape index (κ3) is 2.41. The molecule has 0 spiro atoms. The quantitative estimate of drug-likeness (QED) is 0.508. The van der Waals surface area contributed by atoms with Crippen molar-refractivity contribution in [2.75, 3.05) is 0 Å². The molecule has 0 aliphatic heterocycles. The lowest BCUT2D eigenvalue weighted by Crippen LogP contribution is -2.06. The molecular formula is C13H8BrF2NO. The van der Waals surface area contributed by atoms with Gasteiger partial charge in [-0.15, -0.1) is 0 Å². The van der Waals surface area contributed by atoms with E-state index in [1.54, 1.807) is 12.1 Å². The summed E-state index contributed by atoms with van der Waals surface area (Å²) < 4.78 is 27.0. The van der Waals surface area contributed by atoms with Crippen LogP contribution in [0, 0.1) is 11.6 Å². The molecule has 1 N–H and O–H groups in total. The Balaban J connectivity index is 2.53. The van der Waals surface area contributed by atoms with Crippen LogP contribution in [0.25, 0.3) is 0 Å². The SMILES string of the molecule is O/N=C(\c1ccc(F)cc1)c1cccc(Br)c1F. The number of benzene rings is 2. The van der Waals surface area contributed by atoms with Crippen molar-refractivity contribution in [3.05, 3.63) is 69.7 Å². The Bertz CT molecular complexity index is 596. The summed E-state index contributed by atoms with van der Waals surface area (Å²) in [5, 5.41) is 12.1. The van der Waals surface area contributed by atoms with Crippen LogP contribution in [0.3, 0.4) is 0 Å². The van der Waals surface area contributed by atoms with Crippen molar-refractivity contribution in [2.45, 2.75) is 0 Å². The van der Waals surface area contributed by atoms with Gasteiger partial charge in [0.15, 0.2) is 0 Å². The van der Waals surface area contributed by atoms with Crippen LogP contribution in [0.5, 0.6) is 0 Å². The molecule has 0 bridgehead atoms. The molecule has 0 heterocycles. The zero-order valence-electron chi connectivity index (χ0n) is 9.07. The van der Waals surface area contributed by atoms with Crippen LogP contribution in [0.15, 0.2) is 52.1 Å². The highest BCUT2D eigenvalue weighted by atomic mass is 79.9. The van der Waals surface area contributed by atoms with Crippen LogP contribution in [0.4, 0.5) is 8.78 Å². The summed E-state index contributed by atoms with van der Waals surface area (Å²) in [4.78, 5) is 0. The molecule has 0 saturated carbocycles. The predicted octanol–water partition coefficient (Wildman–Crippen LogP) is 3.95. The molecule has 0 aliphatic carbocycles. The molecule has 0 saturated heterocycles. The van der Waals surface area contributed by atoms with Crippen molar-refractivity contribution >= 4 is 21.6 Å². The molecule has 0 atom stereocenters. The molecule has 0 amide bonds. The fourth-order valence-electron chi connectivity index (χ4n) is 1.56.